The summed E-state index contributed by atoms with van der Waals surface area (Å²) in [5, 5.41) is 0. The van der Waals surface area contributed by atoms with Gasteiger partial charge in [-0.2, -0.15) is 0 Å². The number of nitrogens with one attached hydrogen (secondary N) is 2. The number of rotatable bonds is 4. The first-order valence-electron chi connectivity index (χ1n) is 5.01. The lowest BCUT2D eigenvalue weighted by atomic mass is 10.3. The zero-order chi connectivity index (χ0) is 13.2. The molecule has 2 rings (SSSR count). The van der Waals surface area contributed by atoms with Gasteiger partial charge in [-0.3, -0.25) is 0 Å². The summed E-state index contributed by atoms with van der Waals surface area (Å²) >= 11 is 0. The smallest absolute Gasteiger partial charge is 0.242 e. The molecule has 18 heavy (non-hydrogen) atoms. The summed E-state index contributed by atoms with van der Waals surface area (Å²) in [6.45, 7) is 0.0547. The van der Waals surface area contributed by atoms with E-state index in [0.717, 1.165) is 18.2 Å². The van der Waals surface area contributed by atoms with E-state index in [9.17, 15) is 12.8 Å². The van der Waals surface area contributed by atoms with Crippen molar-refractivity contribution in [1.82, 2.24) is 14.7 Å². The van der Waals surface area contributed by atoms with Gasteiger partial charge in [0, 0.05) is 11.9 Å². The SMILES string of the molecule is Nc1cc(F)ccc1S(=O)(=O)NCc1cnc[nH]1. The largest absolute Gasteiger partial charge is 0.398 e. The van der Waals surface area contributed by atoms with E-state index >= 15 is 0 Å². The fourth-order valence-corrected chi connectivity index (χ4v) is 2.51. The monoisotopic (exact) mass is 270 g/mol. The third-order valence-corrected chi connectivity index (χ3v) is 3.74. The van der Waals surface area contributed by atoms with E-state index < -0.39 is 15.8 Å². The van der Waals surface area contributed by atoms with Gasteiger partial charge in [0.1, 0.15) is 10.7 Å². The van der Waals surface area contributed by atoms with Gasteiger partial charge in [0.25, 0.3) is 0 Å². The molecule has 1 heterocycles. The number of aromatic amines is 1. The molecular formula is C10H11FN4O2S. The number of anilines is 1. The van der Waals surface area contributed by atoms with Crippen molar-refractivity contribution in [2.45, 2.75) is 11.4 Å². The van der Waals surface area contributed by atoms with Crippen molar-refractivity contribution in [3.63, 3.8) is 0 Å². The summed E-state index contributed by atoms with van der Waals surface area (Å²) in [5.74, 6) is -0.583. The maximum absolute atomic E-state index is 12.8. The van der Waals surface area contributed by atoms with Gasteiger partial charge >= 0.3 is 0 Å². The molecular weight excluding hydrogens is 259 g/mol. The minimum Gasteiger partial charge on any atom is -0.398 e. The van der Waals surface area contributed by atoms with Crippen molar-refractivity contribution in [2.24, 2.45) is 0 Å². The summed E-state index contributed by atoms with van der Waals surface area (Å²) in [4.78, 5) is 6.37. The average molecular weight is 270 g/mol. The molecule has 1 aromatic carbocycles. The minimum absolute atomic E-state index is 0.0547. The fraction of sp³-hybridized carbons (Fsp3) is 0.100. The van der Waals surface area contributed by atoms with Gasteiger partial charge in [-0.05, 0) is 18.2 Å². The maximum Gasteiger partial charge on any atom is 0.242 e. The minimum atomic E-state index is -3.77. The molecule has 96 valence electrons. The first-order valence-corrected chi connectivity index (χ1v) is 6.49. The number of nitrogens with zero attached hydrogens (tertiary/aromatic N) is 1. The third-order valence-electron chi connectivity index (χ3n) is 2.27. The van der Waals surface area contributed by atoms with Crippen LogP contribution >= 0.6 is 0 Å². The predicted octanol–water partition coefficient (Wildman–Crippen LogP) is 0.610. The van der Waals surface area contributed by atoms with Crippen molar-refractivity contribution in [2.75, 3.05) is 5.73 Å². The number of nitrogen functional groups attached to an aromatic ring is 1. The summed E-state index contributed by atoms with van der Waals surface area (Å²) in [7, 11) is -3.77. The lowest BCUT2D eigenvalue weighted by Crippen LogP contribution is -2.24. The van der Waals surface area contributed by atoms with Crippen LogP contribution in [0.1, 0.15) is 5.69 Å². The normalized spacial score (nSPS) is 11.6. The lowest BCUT2D eigenvalue weighted by molar-refractivity contribution is 0.580. The highest BCUT2D eigenvalue weighted by Crippen LogP contribution is 2.19. The third kappa shape index (κ3) is 2.66. The van der Waals surface area contributed by atoms with Crippen molar-refractivity contribution in [3.8, 4) is 0 Å². The first-order chi connectivity index (χ1) is 8.49. The van der Waals surface area contributed by atoms with E-state index in [4.69, 9.17) is 5.73 Å². The van der Waals surface area contributed by atoms with Gasteiger partial charge in [0.2, 0.25) is 10.0 Å². The van der Waals surface area contributed by atoms with Crippen LogP contribution in [0.3, 0.4) is 0 Å². The molecule has 0 bridgehead atoms. The zero-order valence-electron chi connectivity index (χ0n) is 9.22. The Morgan fingerprint density at radius 2 is 2.22 bits per heavy atom. The molecule has 6 nitrogen and oxygen atoms in total. The lowest BCUT2D eigenvalue weighted by Gasteiger charge is -2.08. The molecule has 0 amide bonds. The second-order valence-corrected chi connectivity index (χ2v) is 5.32. The van der Waals surface area contributed by atoms with Crippen LogP contribution in [0.25, 0.3) is 0 Å². The van der Waals surface area contributed by atoms with Crippen LogP contribution in [0.2, 0.25) is 0 Å². The van der Waals surface area contributed by atoms with E-state index in [1.54, 1.807) is 0 Å². The summed E-state index contributed by atoms with van der Waals surface area (Å²) in [6.07, 6.45) is 2.94. The quantitative estimate of drug-likeness (QED) is 0.708. The standard InChI is InChI=1S/C10H11FN4O2S/c11-7-1-2-10(9(12)3-7)18(16,17)15-5-8-4-13-6-14-8/h1-4,6,15H,5,12H2,(H,13,14). The molecule has 0 saturated carbocycles. The molecule has 0 unspecified atom stereocenters. The predicted molar refractivity (Wildman–Crippen MR) is 63.4 cm³/mol. The number of aromatic nitrogens is 2. The Kier molecular flexibility index (Phi) is 3.30. The molecule has 4 N–H and O–H groups in total. The van der Waals surface area contributed by atoms with Gasteiger partial charge in [-0.15, -0.1) is 0 Å². The fourth-order valence-electron chi connectivity index (χ4n) is 1.40. The molecule has 1 aromatic heterocycles. The summed E-state index contributed by atoms with van der Waals surface area (Å²) in [6, 6.07) is 3.13. The molecule has 0 aliphatic carbocycles. The van der Waals surface area contributed by atoms with Gasteiger partial charge in [0.05, 0.1) is 18.6 Å². The second-order valence-electron chi connectivity index (χ2n) is 3.58. The molecule has 0 atom stereocenters. The Morgan fingerprint density at radius 3 is 2.83 bits per heavy atom. The van der Waals surface area contributed by atoms with Crippen LogP contribution in [0.15, 0.2) is 35.6 Å². The van der Waals surface area contributed by atoms with E-state index in [-0.39, 0.29) is 17.1 Å². The molecule has 8 heteroatoms. The van der Waals surface area contributed by atoms with Gasteiger partial charge in [0.15, 0.2) is 0 Å². The molecule has 2 aromatic rings. The Morgan fingerprint density at radius 1 is 1.44 bits per heavy atom. The van der Waals surface area contributed by atoms with E-state index in [1.165, 1.54) is 12.5 Å². The van der Waals surface area contributed by atoms with Crippen LogP contribution in [0.5, 0.6) is 0 Å². The molecule has 0 aliphatic rings. The molecule has 0 aliphatic heterocycles. The number of nitrogens with two attached hydrogens (primary N) is 1. The highest BCUT2D eigenvalue weighted by atomic mass is 32.2. The molecule has 0 radical (unpaired) electrons. The second kappa shape index (κ2) is 4.75. The van der Waals surface area contributed by atoms with Crippen LogP contribution in [0.4, 0.5) is 10.1 Å². The van der Waals surface area contributed by atoms with E-state index in [1.807, 2.05) is 0 Å². The molecule has 0 fully saturated rings. The Bertz CT molecular complexity index is 640. The van der Waals surface area contributed by atoms with Crippen molar-refractivity contribution < 1.29 is 12.8 Å². The highest BCUT2D eigenvalue weighted by Gasteiger charge is 2.17. The van der Waals surface area contributed by atoms with Crippen molar-refractivity contribution in [3.05, 3.63) is 42.2 Å². The Labute approximate surface area is 103 Å². The highest BCUT2D eigenvalue weighted by molar-refractivity contribution is 7.89. The number of sulfonamides is 1. The van der Waals surface area contributed by atoms with Crippen molar-refractivity contribution >= 4 is 15.7 Å². The van der Waals surface area contributed by atoms with E-state index in [2.05, 4.69) is 14.7 Å². The molecule has 0 spiro atoms. The number of halogens is 1. The van der Waals surface area contributed by atoms with Crippen LogP contribution in [-0.2, 0) is 16.6 Å². The van der Waals surface area contributed by atoms with Gasteiger partial charge in [-0.1, -0.05) is 0 Å². The van der Waals surface area contributed by atoms with Gasteiger partial charge in [-0.25, -0.2) is 22.5 Å². The van der Waals surface area contributed by atoms with Crippen LogP contribution in [-0.4, -0.2) is 18.4 Å². The number of benzene rings is 1. The first kappa shape index (κ1) is 12.5. The Balaban J connectivity index is 2.20. The number of hydrogen-bond acceptors (Lipinski definition) is 4. The number of imidazole rings is 1. The zero-order valence-corrected chi connectivity index (χ0v) is 10.0. The average Bonchev–Trinajstić information content (AvgIpc) is 2.78. The maximum atomic E-state index is 12.8. The van der Waals surface area contributed by atoms with Crippen molar-refractivity contribution in [1.29, 1.82) is 0 Å². The Hall–Kier alpha value is -1.93. The van der Waals surface area contributed by atoms with Crippen LogP contribution < -0.4 is 10.5 Å². The molecule has 0 saturated heterocycles. The van der Waals surface area contributed by atoms with Gasteiger partial charge < -0.3 is 10.7 Å². The number of hydrogen-bond donors (Lipinski definition) is 3. The summed E-state index contributed by atoms with van der Waals surface area (Å²) in [5.41, 5.74) is 5.96. The van der Waals surface area contributed by atoms with Crippen LogP contribution in [0, 0.1) is 5.82 Å². The summed E-state index contributed by atoms with van der Waals surface area (Å²) < 4.78 is 39.0. The number of H-pyrrole nitrogens is 1. The van der Waals surface area contributed by atoms with E-state index in [0.29, 0.717) is 5.69 Å². The topological polar surface area (TPSA) is 101 Å².